The summed E-state index contributed by atoms with van der Waals surface area (Å²) in [5, 5.41) is 0. The van der Waals surface area contributed by atoms with Crippen LogP contribution in [0.5, 0.6) is 0 Å². The molecule has 3 nitrogen and oxygen atoms in total. The lowest BCUT2D eigenvalue weighted by Gasteiger charge is -2.24. The first-order valence-electron chi connectivity index (χ1n) is 5.88. The fourth-order valence-electron chi connectivity index (χ4n) is 1.82. The quantitative estimate of drug-likeness (QED) is 0.927. The molecular formula is C13H17BrN2O. The minimum Gasteiger partial charge on any atom is -0.334 e. The van der Waals surface area contributed by atoms with Crippen molar-refractivity contribution in [2.24, 2.45) is 5.73 Å². The van der Waals surface area contributed by atoms with Crippen molar-refractivity contribution in [3.8, 4) is 0 Å². The predicted molar refractivity (Wildman–Crippen MR) is 71.4 cm³/mol. The number of carbonyl (C=O) groups excluding carboxylic acids is 1. The van der Waals surface area contributed by atoms with Crippen molar-refractivity contribution in [3.63, 3.8) is 0 Å². The Hall–Kier alpha value is -0.870. The summed E-state index contributed by atoms with van der Waals surface area (Å²) in [5.41, 5.74) is 6.83. The van der Waals surface area contributed by atoms with Gasteiger partial charge >= 0.3 is 0 Å². The third kappa shape index (κ3) is 3.30. The Labute approximate surface area is 110 Å². The van der Waals surface area contributed by atoms with Crippen LogP contribution in [0.3, 0.4) is 0 Å². The normalized spacial score (nSPS) is 16.6. The summed E-state index contributed by atoms with van der Waals surface area (Å²) < 4.78 is 1.05. The van der Waals surface area contributed by atoms with E-state index in [-0.39, 0.29) is 5.91 Å². The maximum absolute atomic E-state index is 12.0. The minimum atomic E-state index is -0.411. The lowest BCUT2D eigenvalue weighted by atomic mass is 10.2. The van der Waals surface area contributed by atoms with E-state index >= 15 is 0 Å². The summed E-state index contributed by atoms with van der Waals surface area (Å²) in [5.74, 6) is 0.0513. The van der Waals surface area contributed by atoms with Crippen LogP contribution in [0.1, 0.15) is 25.3 Å². The zero-order valence-corrected chi connectivity index (χ0v) is 11.5. The molecule has 0 spiro atoms. The van der Waals surface area contributed by atoms with Gasteiger partial charge < -0.3 is 10.6 Å². The molecule has 1 aliphatic carbocycles. The second kappa shape index (κ2) is 5.19. The predicted octanol–water partition coefficient (Wildman–Crippen LogP) is 2.29. The Balaban J connectivity index is 2.07. The van der Waals surface area contributed by atoms with Crippen molar-refractivity contribution in [1.29, 1.82) is 0 Å². The Morgan fingerprint density at radius 1 is 1.47 bits per heavy atom. The van der Waals surface area contributed by atoms with E-state index < -0.39 is 6.04 Å². The molecule has 2 N–H and O–H groups in total. The molecule has 2 rings (SSSR count). The summed E-state index contributed by atoms with van der Waals surface area (Å²) in [6.45, 7) is 2.41. The van der Waals surface area contributed by atoms with Crippen LogP contribution >= 0.6 is 15.9 Å². The van der Waals surface area contributed by atoms with Crippen LogP contribution in [0, 0.1) is 0 Å². The third-order valence-corrected chi connectivity index (χ3v) is 3.46. The van der Waals surface area contributed by atoms with Crippen molar-refractivity contribution in [2.45, 2.75) is 38.4 Å². The summed E-state index contributed by atoms with van der Waals surface area (Å²) in [6.07, 6.45) is 2.21. The average Bonchev–Trinajstić information content (AvgIpc) is 3.11. The summed E-state index contributed by atoms with van der Waals surface area (Å²) >= 11 is 3.40. The van der Waals surface area contributed by atoms with E-state index in [2.05, 4.69) is 15.9 Å². The van der Waals surface area contributed by atoms with E-state index in [9.17, 15) is 4.79 Å². The molecule has 0 radical (unpaired) electrons. The topological polar surface area (TPSA) is 46.3 Å². The number of rotatable bonds is 4. The van der Waals surface area contributed by atoms with Crippen molar-refractivity contribution in [2.75, 3.05) is 0 Å². The van der Waals surface area contributed by atoms with Gasteiger partial charge in [-0.3, -0.25) is 4.79 Å². The van der Waals surface area contributed by atoms with Gasteiger partial charge in [-0.05, 0) is 37.5 Å². The van der Waals surface area contributed by atoms with Crippen molar-refractivity contribution >= 4 is 21.8 Å². The second-order valence-corrected chi connectivity index (χ2v) is 5.53. The van der Waals surface area contributed by atoms with Crippen LogP contribution < -0.4 is 5.73 Å². The van der Waals surface area contributed by atoms with Crippen molar-refractivity contribution in [1.82, 2.24) is 4.90 Å². The highest BCUT2D eigenvalue weighted by Crippen LogP contribution is 2.29. The smallest absolute Gasteiger partial charge is 0.239 e. The van der Waals surface area contributed by atoms with Gasteiger partial charge in [0.15, 0.2) is 0 Å². The molecule has 1 aromatic rings. The molecular weight excluding hydrogens is 280 g/mol. The number of benzene rings is 1. The Bertz CT molecular complexity index is 398. The van der Waals surface area contributed by atoms with Gasteiger partial charge in [0.05, 0.1) is 6.04 Å². The third-order valence-electron chi connectivity index (χ3n) is 2.93. The monoisotopic (exact) mass is 296 g/mol. The van der Waals surface area contributed by atoms with Crippen LogP contribution in [-0.4, -0.2) is 22.9 Å². The summed E-state index contributed by atoms with van der Waals surface area (Å²) in [6, 6.07) is 8.05. The van der Waals surface area contributed by atoms with Crippen molar-refractivity contribution < 1.29 is 4.79 Å². The van der Waals surface area contributed by atoms with Gasteiger partial charge in [-0.2, -0.15) is 0 Å². The number of hydrogen-bond acceptors (Lipinski definition) is 2. The standard InChI is InChI=1S/C13H17BrN2O/c1-9(15)13(17)16(12-6-7-12)8-10-2-4-11(14)5-3-10/h2-5,9,12H,6-8,15H2,1H3/t9-/m0/s1. The van der Waals surface area contributed by atoms with Gasteiger partial charge in [-0.1, -0.05) is 28.1 Å². The van der Waals surface area contributed by atoms with Crippen LogP contribution in [-0.2, 0) is 11.3 Å². The van der Waals surface area contributed by atoms with E-state index in [1.54, 1.807) is 6.92 Å². The zero-order valence-electron chi connectivity index (χ0n) is 9.90. The number of nitrogens with two attached hydrogens (primary N) is 1. The highest BCUT2D eigenvalue weighted by Gasteiger charge is 2.33. The fraction of sp³-hybridized carbons (Fsp3) is 0.462. The van der Waals surface area contributed by atoms with Gasteiger partial charge in [0.1, 0.15) is 0 Å². The minimum absolute atomic E-state index is 0.0513. The van der Waals surface area contributed by atoms with Gasteiger partial charge in [0, 0.05) is 17.1 Å². The van der Waals surface area contributed by atoms with E-state index in [1.165, 1.54) is 0 Å². The molecule has 1 aromatic carbocycles. The van der Waals surface area contributed by atoms with E-state index in [1.807, 2.05) is 29.2 Å². The Morgan fingerprint density at radius 2 is 2.06 bits per heavy atom. The van der Waals surface area contributed by atoms with E-state index in [4.69, 9.17) is 5.73 Å². The number of halogens is 1. The molecule has 1 amide bonds. The Kier molecular flexibility index (Phi) is 3.84. The summed E-state index contributed by atoms with van der Waals surface area (Å²) in [4.78, 5) is 13.9. The zero-order chi connectivity index (χ0) is 12.4. The van der Waals surface area contributed by atoms with Crippen LogP contribution in [0.25, 0.3) is 0 Å². The number of carbonyl (C=O) groups is 1. The molecule has 0 aliphatic heterocycles. The molecule has 4 heteroatoms. The fourth-order valence-corrected chi connectivity index (χ4v) is 2.09. The van der Waals surface area contributed by atoms with Gasteiger partial charge in [0.25, 0.3) is 0 Å². The van der Waals surface area contributed by atoms with Crippen LogP contribution in [0.2, 0.25) is 0 Å². The molecule has 0 aromatic heterocycles. The number of amides is 1. The lowest BCUT2D eigenvalue weighted by molar-refractivity contribution is -0.133. The van der Waals surface area contributed by atoms with Gasteiger partial charge in [-0.15, -0.1) is 0 Å². The van der Waals surface area contributed by atoms with E-state index in [0.717, 1.165) is 22.9 Å². The SMILES string of the molecule is C[C@H](N)C(=O)N(Cc1ccc(Br)cc1)C1CC1. The summed E-state index contributed by atoms with van der Waals surface area (Å²) in [7, 11) is 0. The first kappa shape index (κ1) is 12.6. The molecule has 1 saturated carbocycles. The molecule has 0 unspecified atom stereocenters. The lowest BCUT2D eigenvalue weighted by Crippen LogP contribution is -2.42. The van der Waals surface area contributed by atoms with Gasteiger partial charge in [0.2, 0.25) is 5.91 Å². The molecule has 92 valence electrons. The molecule has 0 heterocycles. The molecule has 17 heavy (non-hydrogen) atoms. The second-order valence-electron chi connectivity index (χ2n) is 4.61. The molecule has 0 bridgehead atoms. The molecule has 1 atom stereocenters. The largest absolute Gasteiger partial charge is 0.334 e. The maximum atomic E-state index is 12.0. The maximum Gasteiger partial charge on any atom is 0.239 e. The average molecular weight is 297 g/mol. The highest BCUT2D eigenvalue weighted by atomic mass is 79.9. The molecule has 1 fully saturated rings. The first-order valence-corrected chi connectivity index (χ1v) is 6.67. The van der Waals surface area contributed by atoms with Crippen LogP contribution in [0.15, 0.2) is 28.7 Å². The van der Waals surface area contributed by atoms with Gasteiger partial charge in [-0.25, -0.2) is 0 Å². The molecule has 0 saturated heterocycles. The first-order chi connectivity index (χ1) is 8.08. The van der Waals surface area contributed by atoms with Crippen molar-refractivity contribution in [3.05, 3.63) is 34.3 Å². The number of nitrogens with zero attached hydrogens (tertiary/aromatic N) is 1. The van der Waals surface area contributed by atoms with E-state index in [0.29, 0.717) is 12.6 Å². The molecule has 1 aliphatic rings. The number of hydrogen-bond donors (Lipinski definition) is 1. The Morgan fingerprint density at radius 3 is 2.53 bits per heavy atom. The highest BCUT2D eigenvalue weighted by molar-refractivity contribution is 9.10. The van der Waals surface area contributed by atoms with Crippen LogP contribution in [0.4, 0.5) is 0 Å².